The Bertz CT molecular complexity index is 140. The number of carbonyl (C=O) groups excluding carboxylic acids is 1. The van der Waals surface area contributed by atoms with E-state index in [-0.39, 0.29) is 31.3 Å². The zero-order valence-electron chi connectivity index (χ0n) is 7.89. The molecule has 72 valence electrons. The molecule has 0 unspecified atom stereocenters. The van der Waals surface area contributed by atoms with E-state index in [9.17, 15) is 4.79 Å². The third-order valence-electron chi connectivity index (χ3n) is 1.07. The summed E-state index contributed by atoms with van der Waals surface area (Å²) in [6.07, 6.45) is 0. The lowest BCUT2D eigenvalue weighted by Gasteiger charge is -2.18. The van der Waals surface area contributed by atoms with Gasteiger partial charge in [0.15, 0.2) is 0 Å². The van der Waals surface area contributed by atoms with E-state index >= 15 is 0 Å². The summed E-state index contributed by atoms with van der Waals surface area (Å²) in [5.41, 5.74) is -0.295. The molecular formula is C8H17NO3. The second-order valence-corrected chi connectivity index (χ2v) is 3.47. The van der Waals surface area contributed by atoms with Gasteiger partial charge in [-0.2, -0.15) is 0 Å². The van der Waals surface area contributed by atoms with Crippen LogP contribution in [-0.2, 0) is 9.53 Å². The van der Waals surface area contributed by atoms with E-state index < -0.39 is 0 Å². The van der Waals surface area contributed by atoms with Gasteiger partial charge >= 0.3 is 0 Å². The van der Waals surface area contributed by atoms with Crippen molar-refractivity contribution in [3.05, 3.63) is 0 Å². The van der Waals surface area contributed by atoms with Gasteiger partial charge in [0.25, 0.3) is 0 Å². The molecule has 1 amide bonds. The largest absolute Gasteiger partial charge is 0.395 e. The molecule has 0 aromatic carbocycles. The summed E-state index contributed by atoms with van der Waals surface area (Å²) in [6, 6.07) is 0. The monoisotopic (exact) mass is 175 g/mol. The number of aliphatic hydroxyl groups excluding tert-OH is 1. The second kappa shape index (κ2) is 5.11. The summed E-state index contributed by atoms with van der Waals surface area (Å²) >= 11 is 0. The van der Waals surface area contributed by atoms with Gasteiger partial charge < -0.3 is 15.2 Å². The van der Waals surface area contributed by atoms with Crippen LogP contribution in [-0.4, -0.2) is 36.4 Å². The van der Waals surface area contributed by atoms with Crippen LogP contribution in [0.1, 0.15) is 20.8 Å². The first-order chi connectivity index (χ1) is 5.45. The average molecular weight is 175 g/mol. The first-order valence-electron chi connectivity index (χ1n) is 3.97. The standard InChI is InChI=1S/C8H17NO3/c1-8(2,3)12-6-7(11)9-4-5-10/h10H,4-6H2,1-3H3,(H,9,11). The van der Waals surface area contributed by atoms with Crippen LogP contribution < -0.4 is 5.32 Å². The van der Waals surface area contributed by atoms with E-state index in [1.807, 2.05) is 20.8 Å². The van der Waals surface area contributed by atoms with Gasteiger partial charge in [-0.1, -0.05) is 0 Å². The van der Waals surface area contributed by atoms with Gasteiger partial charge in [0, 0.05) is 6.54 Å². The fourth-order valence-corrected chi connectivity index (χ4v) is 0.528. The molecular weight excluding hydrogens is 158 g/mol. The number of ether oxygens (including phenoxy) is 1. The molecule has 0 atom stereocenters. The van der Waals surface area contributed by atoms with Crippen molar-refractivity contribution in [1.29, 1.82) is 0 Å². The molecule has 0 spiro atoms. The van der Waals surface area contributed by atoms with E-state index in [1.54, 1.807) is 0 Å². The Morgan fingerprint density at radius 1 is 1.50 bits per heavy atom. The molecule has 0 heterocycles. The summed E-state index contributed by atoms with van der Waals surface area (Å²) in [5.74, 6) is -0.195. The third-order valence-corrected chi connectivity index (χ3v) is 1.07. The Balaban J connectivity index is 3.44. The number of nitrogens with one attached hydrogen (secondary N) is 1. The Morgan fingerprint density at radius 2 is 2.08 bits per heavy atom. The summed E-state index contributed by atoms with van der Waals surface area (Å²) in [6.45, 7) is 5.93. The Labute approximate surface area is 72.9 Å². The number of amides is 1. The number of hydrogen-bond donors (Lipinski definition) is 2. The summed E-state index contributed by atoms with van der Waals surface area (Å²) in [4.78, 5) is 10.9. The quantitative estimate of drug-likeness (QED) is 0.628. The van der Waals surface area contributed by atoms with Crippen LogP contribution in [0, 0.1) is 0 Å². The van der Waals surface area contributed by atoms with E-state index in [2.05, 4.69) is 5.32 Å². The van der Waals surface area contributed by atoms with Crippen molar-refractivity contribution in [3.8, 4) is 0 Å². The fraction of sp³-hybridized carbons (Fsp3) is 0.875. The number of rotatable bonds is 4. The number of carbonyl (C=O) groups is 1. The normalized spacial score (nSPS) is 11.3. The van der Waals surface area contributed by atoms with Gasteiger partial charge in [0.1, 0.15) is 6.61 Å². The van der Waals surface area contributed by atoms with Crippen LogP contribution in [0.5, 0.6) is 0 Å². The van der Waals surface area contributed by atoms with Crippen molar-refractivity contribution in [2.45, 2.75) is 26.4 Å². The molecule has 0 saturated heterocycles. The highest BCUT2D eigenvalue weighted by molar-refractivity contribution is 5.77. The lowest BCUT2D eigenvalue weighted by atomic mass is 10.2. The van der Waals surface area contributed by atoms with Crippen molar-refractivity contribution in [2.75, 3.05) is 19.8 Å². The van der Waals surface area contributed by atoms with E-state index in [4.69, 9.17) is 9.84 Å². The highest BCUT2D eigenvalue weighted by atomic mass is 16.5. The van der Waals surface area contributed by atoms with Gasteiger partial charge in [-0.25, -0.2) is 0 Å². The molecule has 0 aliphatic rings. The smallest absolute Gasteiger partial charge is 0.246 e. The molecule has 0 aromatic rings. The van der Waals surface area contributed by atoms with Gasteiger partial charge in [0.2, 0.25) is 5.91 Å². The molecule has 0 fully saturated rings. The highest BCUT2D eigenvalue weighted by Crippen LogP contribution is 2.05. The summed E-state index contributed by atoms with van der Waals surface area (Å²) < 4.78 is 5.19. The van der Waals surface area contributed by atoms with Crippen molar-refractivity contribution in [3.63, 3.8) is 0 Å². The number of hydrogen-bond acceptors (Lipinski definition) is 3. The average Bonchev–Trinajstić information content (AvgIpc) is 1.95. The molecule has 0 aliphatic carbocycles. The first-order valence-corrected chi connectivity index (χ1v) is 3.97. The summed E-state index contributed by atoms with van der Waals surface area (Å²) in [7, 11) is 0. The predicted octanol–water partition coefficient (Wildman–Crippen LogP) is -0.0900. The van der Waals surface area contributed by atoms with Crippen molar-refractivity contribution in [1.82, 2.24) is 5.32 Å². The van der Waals surface area contributed by atoms with E-state index in [0.717, 1.165) is 0 Å². The van der Waals surface area contributed by atoms with Crippen molar-refractivity contribution in [2.24, 2.45) is 0 Å². The van der Waals surface area contributed by atoms with Crippen molar-refractivity contribution < 1.29 is 14.6 Å². The SMILES string of the molecule is CC(C)(C)OCC(=O)NCCO. The summed E-state index contributed by atoms with van der Waals surface area (Å²) in [5, 5.41) is 10.9. The Hall–Kier alpha value is -0.610. The van der Waals surface area contributed by atoms with Crippen LogP contribution in [0.2, 0.25) is 0 Å². The minimum absolute atomic E-state index is 0.0404. The number of aliphatic hydroxyl groups is 1. The maximum Gasteiger partial charge on any atom is 0.246 e. The Kier molecular flexibility index (Phi) is 4.85. The topological polar surface area (TPSA) is 58.6 Å². The fourth-order valence-electron chi connectivity index (χ4n) is 0.528. The minimum atomic E-state index is -0.295. The molecule has 0 bridgehead atoms. The molecule has 4 heteroatoms. The van der Waals surface area contributed by atoms with Crippen LogP contribution in [0.3, 0.4) is 0 Å². The lowest BCUT2D eigenvalue weighted by molar-refractivity contribution is -0.130. The van der Waals surface area contributed by atoms with E-state index in [1.165, 1.54) is 0 Å². The maximum absolute atomic E-state index is 10.9. The van der Waals surface area contributed by atoms with Crippen molar-refractivity contribution >= 4 is 5.91 Å². The molecule has 0 aliphatic heterocycles. The highest BCUT2D eigenvalue weighted by Gasteiger charge is 2.11. The third kappa shape index (κ3) is 7.50. The van der Waals surface area contributed by atoms with Gasteiger partial charge in [-0.15, -0.1) is 0 Å². The Morgan fingerprint density at radius 3 is 2.50 bits per heavy atom. The predicted molar refractivity (Wildman–Crippen MR) is 45.8 cm³/mol. The lowest BCUT2D eigenvalue weighted by Crippen LogP contribution is -2.33. The van der Waals surface area contributed by atoms with Gasteiger partial charge in [-0.05, 0) is 20.8 Å². The van der Waals surface area contributed by atoms with Crippen LogP contribution in [0.25, 0.3) is 0 Å². The first kappa shape index (κ1) is 11.4. The zero-order valence-corrected chi connectivity index (χ0v) is 7.89. The minimum Gasteiger partial charge on any atom is -0.395 e. The van der Waals surface area contributed by atoms with E-state index in [0.29, 0.717) is 0 Å². The molecule has 4 nitrogen and oxygen atoms in total. The molecule has 12 heavy (non-hydrogen) atoms. The second-order valence-electron chi connectivity index (χ2n) is 3.47. The molecule has 0 saturated carbocycles. The zero-order chi connectivity index (χ0) is 9.61. The van der Waals surface area contributed by atoms with Gasteiger partial charge in [-0.3, -0.25) is 4.79 Å². The molecule has 0 aromatic heterocycles. The molecule has 0 radical (unpaired) electrons. The maximum atomic E-state index is 10.9. The van der Waals surface area contributed by atoms with Gasteiger partial charge in [0.05, 0.1) is 12.2 Å². The van der Waals surface area contributed by atoms with Crippen LogP contribution >= 0.6 is 0 Å². The van der Waals surface area contributed by atoms with Crippen LogP contribution in [0.4, 0.5) is 0 Å². The van der Waals surface area contributed by atoms with Crippen LogP contribution in [0.15, 0.2) is 0 Å². The molecule has 0 rings (SSSR count). The molecule has 2 N–H and O–H groups in total.